The van der Waals surface area contributed by atoms with Crippen LogP contribution in [0.3, 0.4) is 0 Å². The monoisotopic (exact) mass is 323 g/mol. The first-order valence-corrected chi connectivity index (χ1v) is 5.59. The SMILES string of the molecule is O=[N+]([O-])c1ccc(-c2c(F)c(F)c(F)c(F)c2F)cc1Cl. The third kappa shape index (κ3) is 2.42. The van der Waals surface area contributed by atoms with E-state index in [1.165, 1.54) is 0 Å². The highest BCUT2D eigenvalue weighted by molar-refractivity contribution is 6.32. The summed E-state index contributed by atoms with van der Waals surface area (Å²) in [6, 6.07) is 2.38. The lowest BCUT2D eigenvalue weighted by Crippen LogP contribution is -2.04. The number of benzene rings is 2. The molecule has 0 aromatic heterocycles. The zero-order valence-corrected chi connectivity index (χ0v) is 10.5. The summed E-state index contributed by atoms with van der Waals surface area (Å²) < 4.78 is 66.3. The smallest absolute Gasteiger partial charge is 0.258 e. The highest BCUT2D eigenvalue weighted by atomic mass is 35.5. The molecule has 0 bridgehead atoms. The second-order valence-corrected chi connectivity index (χ2v) is 4.28. The van der Waals surface area contributed by atoms with E-state index in [0.717, 1.165) is 18.2 Å². The molecule has 0 amide bonds. The molecule has 0 heterocycles. The third-order valence-corrected chi connectivity index (χ3v) is 2.95. The predicted octanol–water partition coefficient (Wildman–Crippen LogP) is 4.61. The van der Waals surface area contributed by atoms with E-state index in [1.54, 1.807) is 0 Å². The van der Waals surface area contributed by atoms with Crippen molar-refractivity contribution >= 4 is 17.3 Å². The maximum atomic E-state index is 13.6. The van der Waals surface area contributed by atoms with Gasteiger partial charge in [0, 0.05) is 6.07 Å². The Morgan fingerprint density at radius 1 is 0.905 bits per heavy atom. The first kappa shape index (κ1) is 15.2. The van der Waals surface area contributed by atoms with Crippen LogP contribution in [0.5, 0.6) is 0 Å². The van der Waals surface area contributed by atoms with E-state index in [-0.39, 0.29) is 0 Å². The lowest BCUT2D eigenvalue weighted by molar-refractivity contribution is -0.384. The van der Waals surface area contributed by atoms with Crippen LogP contribution in [0.15, 0.2) is 18.2 Å². The molecule has 0 radical (unpaired) electrons. The van der Waals surface area contributed by atoms with Gasteiger partial charge in [0.25, 0.3) is 5.69 Å². The van der Waals surface area contributed by atoms with E-state index >= 15 is 0 Å². The molecule has 2 aromatic rings. The molecule has 0 atom stereocenters. The lowest BCUT2D eigenvalue weighted by atomic mass is 10.0. The van der Waals surface area contributed by atoms with E-state index in [4.69, 9.17) is 11.6 Å². The summed E-state index contributed by atoms with van der Waals surface area (Å²) in [6.07, 6.45) is 0. The van der Waals surface area contributed by atoms with E-state index in [1.807, 2.05) is 0 Å². The quantitative estimate of drug-likeness (QED) is 0.266. The highest BCUT2D eigenvalue weighted by Gasteiger charge is 2.27. The minimum absolute atomic E-state index is 0.474. The first-order chi connectivity index (χ1) is 9.75. The van der Waals surface area contributed by atoms with Gasteiger partial charge >= 0.3 is 0 Å². The molecule has 2 aromatic carbocycles. The van der Waals surface area contributed by atoms with Crippen molar-refractivity contribution < 1.29 is 26.9 Å². The molecular weight excluding hydrogens is 321 g/mol. The van der Waals surface area contributed by atoms with E-state index < -0.39 is 55.8 Å². The highest BCUT2D eigenvalue weighted by Crippen LogP contribution is 2.35. The van der Waals surface area contributed by atoms with Crippen molar-refractivity contribution in [3.63, 3.8) is 0 Å². The normalized spacial score (nSPS) is 10.8. The second kappa shape index (κ2) is 5.28. The topological polar surface area (TPSA) is 43.1 Å². The zero-order valence-electron chi connectivity index (χ0n) is 9.76. The average molecular weight is 324 g/mol. The van der Waals surface area contributed by atoms with Crippen LogP contribution in [0.2, 0.25) is 5.02 Å². The maximum absolute atomic E-state index is 13.6. The summed E-state index contributed by atoms with van der Waals surface area (Å²) in [5, 5.41) is 10.1. The number of halogens is 6. The Bertz CT molecular complexity index is 737. The Kier molecular flexibility index (Phi) is 3.82. The fourth-order valence-corrected chi connectivity index (χ4v) is 1.92. The molecule has 21 heavy (non-hydrogen) atoms. The minimum atomic E-state index is -2.29. The van der Waals surface area contributed by atoms with Gasteiger partial charge in [0.1, 0.15) is 5.02 Å². The number of nitrogens with zero attached hydrogens (tertiary/aromatic N) is 1. The third-order valence-electron chi connectivity index (χ3n) is 2.64. The molecule has 3 nitrogen and oxygen atoms in total. The Balaban J connectivity index is 2.74. The largest absolute Gasteiger partial charge is 0.287 e. The first-order valence-electron chi connectivity index (χ1n) is 5.21. The van der Waals surface area contributed by atoms with Crippen molar-refractivity contribution in [3.05, 3.63) is 62.4 Å². The van der Waals surface area contributed by atoms with Crippen LogP contribution in [0.25, 0.3) is 11.1 Å². The minimum Gasteiger partial charge on any atom is -0.258 e. The Labute approximate surface area is 118 Å². The fraction of sp³-hybridized carbons (Fsp3) is 0. The molecular formula is C12H3ClF5NO2. The summed E-state index contributed by atoms with van der Waals surface area (Å²) in [4.78, 5) is 9.70. The van der Waals surface area contributed by atoms with Crippen LogP contribution in [0, 0.1) is 39.2 Å². The summed E-state index contributed by atoms with van der Waals surface area (Å²) in [5.74, 6) is -10.6. The van der Waals surface area contributed by atoms with Crippen molar-refractivity contribution in [2.24, 2.45) is 0 Å². The van der Waals surface area contributed by atoms with Gasteiger partial charge in [-0.2, -0.15) is 0 Å². The molecule has 2 rings (SSSR count). The molecule has 9 heteroatoms. The van der Waals surface area contributed by atoms with E-state index in [9.17, 15) is 32.1 Å². The van der Waals surface area contributed by atoms with E-state index in [2.05, 4.69) is 0 Å². The lowest BCUT2D eigenvalue weighted by Gasteiger charge is -2.08. The van der Waals surface area contributed by atoms with Crippen LogP contribution >= 0.6 is 11.6 Å². The molecule has 0 aliphatic heterocycles. The summed E-state index contributed by atoms with van der Waals surface area (Å²) in [6.45, 7) is 0. The zero-order chi connectivity index (χ0) is 15.9. The number of rotatable bonds is 2. The van der Waals surface area contributed by atoms with Crippen LogP contribution < -0.4 is 0 Å². The van der Waals surface area contributed by atoms with Crippen molar-refractivity contribution in [3.8, 4) is 11.1 Å². The fourth-order valence-electron chi connectivity index (χ4n) is 1.67. The average Bonchev–Trinajstić information content (AvgIpc) is 2.43. The van der Waals surface area contributed by atoms with Crippen molar-refractivity contribution in [2.75, 3.05) is 0 Å². The van der Waals surface area contributed by atoms with Gasteiger partial charge in [-0.25, -0.2) is 22.0 Å². The molecule has 0 N–H and O–H groups in total. The summed E-state index contributed by atoms with van der Waals surface area (Å²) in [5.41, 5.74) is -2.24. The molecule has 0 saturated heterocycles. The van der Waals surface area contributed by atoms with Gasteiger partial charge in [0.05, 0.1) is 10.5 Å². The number of hydrogen-bond donors (Lipinski definition) is 0. The molecule has 0 saturated carbocycles. The second-order valence-electron chi connectivity index (χ2n) is 3.87. The van der Waals surface area contributed by atoms with Gasteiger partial charge in [-0.3, -0.25) is 10.1 Å². The molecule has 0 spiro atoms. The molecule has 0 unspecified atom stereocenters. The number of nitro groups is 1. The Hall–Kier alpha value is -2.22. The van der Waals surface area contributed by atoms with Crippen LogP contribution in [0.4, 0.5) is 27.6 Å². The van der Waals surface area contributed by atoms with Crippen molar-refractivity contribution in [1.82, 2.24) is 0 Å². The molecule has 0 aliphatic rings. The van der Waals surface area contributed by atoms with Crippen LogP contribution in [-0.4, -0.2) is 4.92 Å². The van der Waals surface area contributed by atoms with Crippen LogP contribution in [0.1, 0.15) is 0 Å². The molecule has 110 valence electrons. The maximum Gasteiger partial charge on any atom is 0.287 e. The van der Waals surface area contributed by atoms with Crippen molar-refractivity contribution in [1.29, 1.82) is 0 Å². The van der Waals surface area contributed by atoms with Gasteiger partial charge in [0.2, 0.25) is 5.82 Å². The number of hydrogen-bond acceptors (Lipinski definition) is 2. The Morgan fingerprint density at radius 2 is 1.38 bits per heavy atom. The van der Waals surface area contributed by atoms with Gasteiger partial charge in [-0.1, -0.05) is 11.6 Å². The van der Waals surface area contributed by atoms with Gasteiger partial charge in [-0.15, -0.1) is 0 Å². The van der Waals surface area contributed by atoms with Crippen molar-refractivity contribution in [2.45, 2.75) is 0 Å². The number of nitro benzene ring substituents is 1. The molecule has 0 fully saturated rings. The van der Waals surface area contributed by atoms with E-state index in [0.29, 0.717) is 0 Å². The Morgan fingerprint density at radius 3 is 1.81 bits per heavy atom. The van der Waals surface area contributed by atoms with Crippen LogP contribution in [-0.2, 0) is 0 Å². The van der Waals surface area contributed by atoms with Gasteiger partial charge in [-0.05, 0) is 17.7 Å². The van der Waals surface area contributed by atoms with Gasteiger partial charge < -0.3 is 0 Å². The summed E-state index contributed by atoms with van der Waals surface area (Å²) >= 11 is 5.54. The predicted molar refractivity (Wildman–Crippen MR) is 63.3 cm³/mol. The van der Waals surface area contributed by atoms with Gasteiger partial charge in [0.15, 0.2) is 23.3 Å². The summed E-state index contributed by atoms with van der Waals surface area (Å²) in [7, 11) is 0. The standard InChI is InChI=1S/C12H3ClF5NO2/c13-5-3-4(1-2-6(5)19(20)21)7-8(14)10(16)12(18)11(17)9(7)15/h1-3H. The molecule has 0 aliphatic carbocycles.